The zero-order valence-corrected chi connectivity index (χ0v) is 15.5. The Balaban J connectivity index is 1.51. The minimum Gasteiger partial charge on any atom is -0.477 e. The van der Waals surface area contributed by atoms with Gasteiger partial charge in [-0.1, -0.05) is 43.0 Å². The summed E-state index contributed by atoms with van der Waals surface area (Å²) in [6.45, 7) is 0.952. The van der Waals surface area contributed by atoms with Crippen molar-refractivity contribution >= 4 is 17.4 Å². The molecule has 0 unspecified atom stereocenters. The SMILES string of the molecule is O=C1CN(C2CCCCC2)COc2ccc(Cc3ccc(Cl)nc3)cc21. The second-order valence-electron chi connectivity index (χ2n) is 7.23. The third-order valence-electron chi connectivity index (χ3n) is 5.36. The second kappa shape index (κ2) is 7.77. The van der Waals surface area contributed by atoms with Crippen molar-refractivity contribution in [3.05, 3.63) is 58.4 Å². The van der Waals surface area contributed by atoms with Gasteiger partial charge in [0.1, 0.15) is 17.6 Å². The van der Waals surface area contributed by atoms with E-state index >= 15 is 0 Å². The molecule has 1 aromatic carbocycles. The van der Waals surface area contributed by atoms with Crippen molar-refractivity contribution in [2.45, 2.75) is 44.6 Å². The average molecular weight is 371 g/mol. The highest BCUT2D eigenvalue weighted by atomic mass is 35.5. The van der Waals surface area contributed by atoms with Crippen LogP contribution in [0.2, 0.25) is 5.15 Å². The lowest BCUT2D eigenvalue weighted by atomic mass is 9.94. The van der Waals surface area contributed by atoms with Crippen LogP contribution in [0, 0.1) is 0 Å². The molecule has 4 rings (SSSR count). The lowest BCUT2D eigenvalue weighted by Crippen LogP contribution is -2.41. The van der Waals surface area contributed by atoms with Crippen molar-refractivity contribution < 1.29 is 9.53 Å². The van der Waals surface area contributed by atoms with Crippen molar-refractivity contribution in [2.24, 2.45) is 0 Å². The van der Waals surface area contributed by atoms with E-state index in [0.29, 0.717) is 35.8 Å². The summed E-state index contributed by atoms with van der Waals surface area (Å²) in [6.07, 6.45) is 8.64. The maximum absolute atomic E-state index is 12.9. The lowest BCUT2D eigenvalue weighted by molar-refractivity contribution is 0.0636. The van der Waals surface area contributed by atoms with Crippen LogP contribution in [0.25, 0.3) is 0 Å². The first-order chi connectivity index (χ1) is 12.7. The number of carbonyl (C=O) groups is 1. The van der Waals surface area contributed by atoms with Gasteiger partial charge in [-0.05, 0) is 48.6 Å². The molecule has 136 valence electrons. The third kappa shape index (κ3) is 3.92. The van der Waals surface area contributed by atoms with Gasteiger partial charge in [-0.3, -0.25) is 9.69 Å². The molecule has 0 atom stereocenters. The maximum Gasteiger partial charge on any atom is 0.180 e. The number of rotatable bonds is 3. The smallest absolute Gasteiger partial charge is 0.180 e. The number of nitrogens with zero attached hydrogens (tertiary/aromatic N) is 2. The predicted octanol–water partition coefficient (Wildman–Crippen LogP) is 4.49. The molecular weight excluding hydrogens is 348 g/mol. The largest absolute Gasteiger partial charge is 0.477 e. The number of pyridine rings is 1. The first-order valence-corrected chi connectivity index (χ1v) is 9.70. The van der Waals surface area contributed by atoms with Crippen LogP contribution in [-0.4, -0.2) is 35.0 Å². The molecule has 0 spiro atoms. The van der Waals surface area contributed by atoms with Crippen LogP contribution in [-0.2, 0) is 6.42 Å². The molecule has 1 saturated carbocycles. The van der Waals surface area contributed by atoms with E-state index in [1.807, 2.05) is 24.3 Å². The van der Waals surface area contributed by atoms with Crippen molar-refractivity contribution in [2.75, 3.05) is 13.3 Å². The Hall–Kier alpha value is -1.91. The Kier molecular flexibility index (Phi) is 5.23. The molecule has 0 radical (unpaired) electrons. The van der Waals surface area contributed by atoms with Gasteiger partial charge >= 0.3 is 0 Å². The number of benzene rings is 1. The lowest BCUT2D eigenvalue weighted by Gasteiger charge is -2.32. The topological polar surface area (TPSA) is 42.4 Å². The summed E-state index contributed by atoms with van der Waals surface area (Å²) in [7, 11) is 0. The molecule has 1 aromatic heterocycles. The van der Waals surface area contributed by atoms with Crippen molar-refractivity contribution in [3.63, 3.8) is 0 Å². The summed E-state index contributed by atoms with van der Waals surface area (Å²) >= 11 is 5.85. The zero-order valence-electron chi connectivity index (χ0n) is 14.8. The number of carbonyl (C=O) groups excluding carboxylic acids is 1. The van der Waals surface area contributed by atoms with Crippen LogP contribution in [0.1, 0.15) is 53.6 Å². The van der Waals surface area contributed by atoms with Gasteiger partial charge < -0.3 is 4.74 Å². The Bertz CT molecular complexity index is 785. The van der Waals surface area contributed by atoms with E-state index < -0.39 is 0 Å². The van der Waals surface area contributed by atoms with E-state index in [4.69, 9.17) is 16.3 Å². The number of halogens is 1. The van der Waals surface area contributed by atoms with Crippen LogP contribution >= 0.6 is 11.6 Å². The number of ether oxygens (including phenoxy) is 1. The number of Topliss-reactive ketones (excluding diaryl/α,β-unsaturated/α-hetero) is 1. The van der Waals surface area contributed by atoms with Gasteiger partial charge in [-0.2, -0.15) is 0 Å². The maximum atomic E-state index is 12.9. The molecule has 1 fully saturated rings. The molecule has 0 saturated heterocycles. The Morgan fingerprint density at radius 2 is 1.92 bits per heavy atom. The van der Waals surface area contributed by atoms with Crippen LogP contribution < -0.4 is 4.74 Å². The monoisotopic (exact) mass is 370 g/mol. The molecule has 2 aliphatic rings. The second-order valence-corrected chi connectivity index (χ2v) is 7.62. The molecule has 1 aliphatic carbocycles. The molecule has 26 heavy (non-hydrogen) atoms. The van der Waals surface area contributed by atoms with E-state index in [1.165, 1.54) is 32.1 Å². The van der Waals surface area contributed by atoms with Gasteiger partial charge in [-0.25, -0.2) is 4.98 Å². The molecule has 2 heterocycles. The zero-order chi connectivity index (χ0) is 17.9. The summed E-state index contributed by atoms with van der Waals surface area (Å²) in [5.74, 6) is 0.852. The average Bonchev–Trinajstić information content (AvgIpc) is 2.84. The van der Waals surface area contributed by atoms with Gasteiger partial charge in [-0.15, -0.1) is 0 Å². The van der Waals surface area contributed by atoms with Crippen LogP contribution in [0.4, 0.5) is 0 Å². The normalized spacial score (nSPS) is 18.9. The summed E-state index contributed by atoms with van der Waals surface area (Å²) in [5.41, 5.74) is 2.85. The van der Waals surface area contributed by atoms with E-state index in [1.54, 1.807) is 12.3 Å². The van der Waals surface area contributed by atoms with E-state index in [-0.39, 0.29) is 5.78 Å². The minimum atomic E-state index is 0.152. The third-order valence-corrected chi connectivity index (χ3v) is 5.59. The van der Waals surface area contributed by atoms with Crippen molar-refractivity contribution in [1.82, 2.24) is 9.88 Å². The first kappa shape index (κ1) is 17.5. The summed E-state index contributed by atoms with van der Waals surface area (Å²) in [6, 6.07) is 10.1. The molecule has 0 amide bonds. The Labute approximate surface area is 159 Å². The molecule has 5 heteroatoms. The number of fused-ring (bicyclic) bond motifs is 1. The molecular formula is C21H23ClN2O2. The predicted molar refractivity (Wildman–Crippen MR) is 102 cm³/mol. The molecule has 0 N–H and O–H groups in total. The van der Waals surface area contributed by atoms with Crippen LogP contribution in [0.5, 0.6) is 5.75 Å². The summed E-state index contributed by atoms with van der Waals surface area (Å²) in [5, 5.41) is 0.488. The summed E-state index contributed by atoms with van der Waals surface area (Å²) in [4.78, 5) is 19.2. The van der Waals surface area contributed by atoms with Gasteiger partial charge in [0.25, 0.3) is 0 Å². The highest BCUT2D eigenvalue weighted by Gasteiger charge is 2.28. The van der Waals surface area contributed by atoms with Gasteiger partial charge in [0.2, 0.25) is 0 Å². The molecule has 4 nitrogen and oxygen atoms in total. The van der Waals surface area contributed by atoms with E-state index in [9.17, 15) is 4.79 Å². The quantitative estimate of drug-likeness (QED) is 0.746. The fourth-order valence-electron chi connectivity index (χ4n) is 3.93. The number of ketones is 1. The summed E-state index contributed by atoms with van der Waals surface area (Å²) < 4.78 is 5.98. The van der Waals surface area contributed by atoms with Gasteiger partial charge in [0.15, 0.2) is 5.78 Å². The van der Waals surface area contributed by atoms with E-state index in [0.717, 1.165) is 17.5 Å². The van der Waals surface area contributed by atoms with E-state index in [2.05, 4.69) is 9.88 Å². The molecule has 1 aliphatic heterocycles. The van der Waals surface area contributed by atoms with Crippen molar-refractivity contribution in [3.8, 4) is 5.75 Å². The first-order valence-electron chi connectivity index (χ1n) is 9.32. The highest BCUT2D eigenvalue weighted by molar-refractivity contribution is 6.29. The number of hydrogen-bond acceptors (Lipinski definition) is 4. The number of hydrogen-bond donors (Lipinski definition) is 0. The van der Waals surface area contributed by atoms with Crippen molar-refractivity contribution in [1.29, 1.82) is 0 Å². The Morgan fingerprint density at radius 1 is 1.12 bits per heavy atom. The Morgan fingerprint density at radius 3 is 2.69 bits per heavy atom. The van der Waals surface area contributed by atoms with Gasteiger partial charge in [0.05, 0.1) is 12.1 Å². The minimum absolute atomic E-state index is 0.152. The number of aromatic nitrogens is 1. The van der Waals surface area contributed by atoms with Gasteiger partial charge in [0, 0.05) is 12.2 Å². The van der Waals surface area contributed by atoms with Crippen LogP contribution in [0.3, 0.4) is 0 Å². The fourth-order valence-corrected chi connectivity index (χ4v) is 4.04. The molecule has 2 aromatic rings. The fraction of sp³-hybridized carbons (Fsp3) is 0.429. The standard InChI is InChI=1S/C21H23ClN2O2/c22-21-9-7-16(12-23-21)10-15-6-8-20-18(11-15)19(25)13-24(14-26-20)17-4-2-1-3-5-17/h6-9,11-12,17H,1-5,10,13-14H2. The molecule has 0 bridgehead atoms. The van der Waals surface area contributed by atoms with Crippen LogP contribution in [0.15, 0.2) is 36.5 Å². The highest BCUT2D eigenvalue weighted by Crippen LogP contribution is 2.28.